The fourth-order valence-electron chi connectivity index (χ4n) is 1.54. The first-order chi connectivity index (χ1) is 7.72. The Bertz CT molecular complexity index is 513. The molecule has 2 rings (SSSR count). The molecule has 0 spiro atoms. The molecule has 0 atom stereocenters. The van der Waals surface area contributed by atoms with Crippen LogP contribution in [0.4, 0.5) is 0 Å². The van der Waals surface area contributed by atoms with E-state index in [1.807, 2.05) is 6.92 Å². The number of hydrogen-bond donors (Lipinski definition) is 1. The molecule has 4 heteroatoms. The van der Waals surface area contributed by atoms with Crippen molar-refractivity contribution in [3.63, 3.8) is 0 Å². The maximum atomic E-state index is 10.8. The summed E-state index contributed by atoms with van der Waals surface area (Å²) in [5.74, 6) is -0.939. The van der Waals surface area contributed by atoms with E-state index in [-0.39, 0.29) is 5.56 Å². The Morgan fingerprint density at radius 1 is 1.50 bits per heavy atom. The maximum Gasteiger partial charge on any atom is 0.335 e. The largest absolute Gasteiger partial charge is 0.478 e. The van der Waals surface area contributed by atoms with Crippen molar-refractivity contribution in [3.05, 3.63) is 35.6 Å². The number of rotatable bonds is 4. The van der Waals surface area contributed by atoms with Gasteiger partial charge in [-0.3, -0.25) is 0 Å². The van der Waals surface area contributed by atoms with Crippen LogP contribution in [0.1, 0.15) is 22.8 Å². The zero-order valence-electron chi connectivity index (χ0n) is 8.90. The predicted octanol–water partition coefficient (Wildman–Crippen LogP) is 2.67. The Balaban J connectivity index is 2.43. The fourth-order valence-corrected chi connectivity index (χ4v) is 1.54. The molecule has 0 unspecified atom stereocenters. The first kappa shape index (κ1) is 10.7. The standard InChI is InChI=1S/C12H12O4/c1-2-15-6-9-7-16-11-4-3-8(12(13)14)5-10(9)11/h3-5,7H,2,6H2,1H3,(H,13,14). The molecule has 1 heterocycles. The molecule has 2 aromatic rings. The van der Waals surface area contributed by atoms with Crippen molar-refractivity contribution in [1.29, 1.82) is 0 Å². The van der Waals surface area contributed by atoms with E-state index in [4.69, 9.17) is 14.3 Å². The smallest absolute Gasteiger partial charge is 0.335 e. The van der Waals surface area contributed by atoms with Crippen LogP contribution in [-0.4, -0.2) is 17.7 Å². The highest BCUT2D eigenvalue weighted by atomic mass is 16.5. The summed E-state index contributed by atoms with van der Waals surface area (Å²) in [6, 6.07) is 4.79. The third-order valence-corrected chi connectivity index (χ3v) is 2.36. The SMILES string of the molecule is CCOCc1coc2ccc(C(=O)O)cc12. The summed E-state index contributed by atoms with van der Waals surface area (Å²) in [6.07, 6.45) is 1.60. The first-order valence-electron chi connectivity index (χ1n) is 5.03. The number of benzene rings is 1. The molecule has 4 nitrogen and oxygen atoms in total. The van der Waals surface area contributed by atoms with Gasteiger partial charge in [-0.05, 0) is 25.1 Å². The van der Waals surface area contributed by atoms with Crippen LogP contribution in [0.3, 0.4) is 0 Å². The van der Waals surface area contributed by atoms with E-state index in [2.05, 4.69) is 0 Å². The van der Waals surface area contributed by atoms with Crippen molar-refractivity contribution >= 4 is 16.9 Å². The van der Waals surface area contributed by atoms with Gasteiger partial charge in [0.2, 0.25) is 0 Å². The molecular formula is C12H12O4. The number of hydrogen-bond acceptors (Lipinski definition) is 3. The molecule has 0 saturated heterocycles. The van der Waals surface area contributed by atoms with Crippen molar-refractivity contribution in [2.45, 2.75) is 13.5 Å². The van der Waals surface area contributed by atoms with Crippen LogP contribution in [0, 0.1) is 0 Å². The highest BCUT2D eigenvalue weighted by Gasteiger charge is 2.09. The van der Waals surface area contributed by atoms with E-state index in [9.17, 15) is 4.79 Å². The van der Waals surface area contributed by atoms with Gasteiger partial charge < -0.3 is 14.3 Å². The van der Waals surface area contributed by atoms with Crippen molar-refractivity contribution in [2.24, 2.45) is 0 Å². The van der Waals surface area contributed by atoms with Gasteiger partial charge >= 0.3 is 5.97 Å². The normalized spacial score (nSPS) is 10.8. The Labute approximate surface area is 92.4 Å². The quantitative estimate of drug-likeness (QED) is 0.860. The van der Waals surface area contributed by atoms with E-state index in [1.165, 1.54) is 6.07 Å². The number of aromatic carboxylic acids is 1. The minimum atomic E-state index is -0.939. The molecule has 0 saturated carbocycles. The van der Waals surface area contributed by atoms with E-state index in [0.29, 0.717) is 18.8 Å². The van der Waals surface area contributed by atoms with Gasteiger partial charge in [0.05, 0.1) is 18.4 Å². The molecule has 0 amide bonds. The Hall–Kier alpha value is -1.81. The third-order valence-electron chi connectivity index (χ3n) is 2.36. The molecule has 16 heavy (non-hydrogen) atoms. The second-order valence-corrected chi connectivity index (χ2v) is 3.41. The molecule has 0 aliphatic rings. The molecule has 0 aliphatic carbocycles. The third kappa shape index (κ3) is 1.92. The fraction of sp³-hybridized carbons (Fsp3) is 0.250. The molecular weight excluding hydrogens is 208 g/mol. The average Bonchev–Trinajstić information content (AvgIpc) is 2.68. The number of carbonyl (C=O) groups is 1. The maximum absolute atomic E-state index is 10.8. The molecule has 0 bridgehead atoms. The summed E-state index contributed by atoms with van der Waals surface area (Å²) in [5.41, 5.74) is 1.81. The van der Waals surface area contributed by atoms with E-state index in [1.54, 1.807) is 18.4 Å². The Kier molecular flexibility index (Phi) is 2.92. The van der Waals surface area contributed by atoms with Crippen LogP contribution >= 0.6 is 0 Å². The van der Waals surface area contributed by atoms with E-state index in [0.717, 1.165) is 10.9 Å². The summed E-state index contributed by atoms with van der Waals surface area (Å²) in [7, 11) is 0. The number of carboxylic acid groups (broad SMARTS) is 1. The molecule has 0 radical (unpaired) electrons. The Morgan fingerprint density at radius 3 is 3.00 bits per heavy atom. The zero-order chi connectivity index (χ0) is 11.5. The summed E-state index contributed by atoms with van der Waals surface area (Å²) >= 11 is 0. The highest BCUT2D eigenvalue weighted by molar-refractivity contribution is 5.93. The first-order valence-corrected chi connectivity index (χ1v) is 5.03. The van der Waals surface area contributed by atoms with E-state index >= 15 is 0 Å². The van der Waals surface area contributed by atoms with Crippen LogP contribution in [0.5, 0.6) is 0 Å². The summed E-state index contributed by atoms with van der Waals surface area (Å²) in [5, 5.41) is 9.69. The van der Waals surface area contributed by atoms with Gasteiger partial charge in [-0.25, -0.2) is 4.79 Å². The van der Waals surface area contributed by atoms with Gasteiger partial charge in [0, 0.05) is 17.6 Å². The highest BCUT2D eigenvalue weighted by Crippen LogP contribution is 2.23. The lowest BCUT2D eigenvalue weighted by Crippen LogP contribution is -1.96. The number of fused-ring (bicyclic) bond motifs is 1. The molecule has 1 N–H and O–H groups in total. The summed E-state index contributed by atoms with van der Waals surface area (Å²) in [4.78, 5) is 10.8. The van der Waals surface area contributed by atoms with Crippen molar-refractivity contribution in [3.8, 4) is 0 Å². The van der Waals surface area contributed by atoms with Crippen LogP contribution in [0.25, 0.3) is 11.0 Å². The van der Waals surface area contributed by atoms with Gasteiger partial charge in [0.15, 0.2) is 0 Å². The predicted molar refractivity (Wildman–Crippen MR) is 58.5 cm³/mol. The summed E-state index contributed by atoms with van der Waals surface area (Å²) < 4.78 is 10.6. The van der Waals surface area contributed by atoms with Crippen molar-refractivity contribution in [1.82, 2.24) is 0 Å². The average molecular weight is 220 g/mol. The van der Waals surface area contributed by atoms with Gasteiger partial charge in [0.25, 0.3) is 0 Å². The number of ether oxygens (including phenoxy) is 1. The summed E-state index contributed by atoms with van der Waals surface area (Å²) in [6.45, 7) is 2.96. The second kappa shape index (κ2) is 4.37. The molecule has 84 valence electrons. The minimum Gasteiger partial charge on any atom is -0.478 e. The zero-order valence-corrected chi connectivity index (χ0v) is 8.90. The number of carboxylic acids is 1. The lowest BCUT2D eigenvalue weighted by Gasteiger charge is -1.99. The van der Waals surface area contributed by atoms with E-state index < -0.39 is 5.97 Å². The molecule has 0 fully saturated rings. The molecule has 1 aromatic carbocycles. The van der Waals surface area contributed by atoms with Gasteiger partial charge in [-0.15, -0.1) is 0 Å². The van der Waals surface area contributed by atoms with Crippen LogP contribution < -0.4 is 0 Å². The monoisotopic (exact) mass is 220 g/mol. The Morgan fingerprint density at radius 2 is 2.31 bits per heavy atom. The van der Waals surface area contributed by atoms with Gasteiger partial charge in [-0.1, -0.05) is 0 Å². The minimum absolute atomic E-state index is 0.256. The van der Waals surface area contributed by atoms with Crippen molar-refractivity contribution in [2.75, 3.05) is 6.61 Å². The topological polar surface area (TPSA) is 59.7 Å². The van der Waals surface area contributed by atoms with Crippen LogP contribution in [0.2, 0.25) is 0 Å². The lowest BCUT2D eigenvalue weighted by molar-refractivity contribution is 0.0697. The number of furan rings is 1. The van der Waals surface area contributed by atoms with Gasteiger partial charge in [0.1, 0.15) is 5.58 Å². The lowest BCUT2D eigenvalue weighted by atomic mass is 10.1. The van der Waals surface area contributed by atoms with Crippen LogP contribution in [0.15, 0.2) is 28.9 Å². The van der Waals surface area contributed by atoms with Gasteiger partial charge in [-0.2, -0.15) is 0 Å². The van der Waals surface area contributed by atoms with Crippen molar-refractivity contribution < 1.29 is 19.1 Å². The van der Waals surface area contributed by atoms with Crippen LogP contribution in [-0.2, 0) is 11.3 Å². The second-order valence-electron chi connectivity index (χ2n) is 3.41. The molecule has 1 aromatic heterocycles. The molecule has 0 aliphatic heterocycles.